The number of ether oxygens (including phenoxy) is 1. The third-order valence-corrected chi connectivity index (χ3v) is 1.98. The molecule has 0 saturated heterocycles. The lowest BCUT2D eigenvalue weighted by Gasteiger charge is -2.20. The number of rotatable bonds is 1. The number of amides is 1. The topological polar surface area (TPSA) is 29.5 Å². The van der Waals surface area contributed by atoms with Gasteiger partial charge < -0.3 is 9.64 Å². The van der Waals surface area contributed by atoms with E-state index in [0.717, 1.165) is 30.8 Å². The van der Waals surface area contributed by atoms with Crippen molar-refractivity contribution in [1.29, 1.82) is 0 Å². The van der Waals surface area contributed by atoms with Crippen molar-refractivity contribution in [3.8, 4) is 0 Å². The van der Waals surface area contributed by atoms with Crippen molar-refractivity contribution in [2.45, 2.75) is 19.8 Å². The third kappa shape index (κ3) is 1.78. The van der Waals surface area contributed by atoms with Gasteiger partial charge in [-0.15, -0.1) is 0 Å². The predicted octanol–water partition coefficient (Wildman–Crippen LogP) is 1.16. The molecule has 1 heterocycles. The van der Waals surface area contributed by atoms with Crippen LogP contribution >= 0.6 is 0 Å². The largest absolute Gasteiger partial charge is 0.498 e. The predicted molar refractivity (Wildman–Crippen MR) is 46.6 cm³/mol. The van der Waals surface area contributed by atoms with E-state index in [4.69, 9.17) is 4.74 Å². The lowest BCUT2D eigenvalue weighted by molar-refractivity contribution is -0.125. The molecule has 0 aromatic rings. The number of nitrogens with zero attached hydrogens (tertiary/aromatic N) is 1. The van der Waals surface area contributed by atoms with Gasteiger partial charge in [-0.2, -0.15) is 0 Å². The summed E-state index contributed by atoms with van der Waals surface area (Å²) in [7, 11) is 3.52. The molecule has 0 aromatic heterocycles. The summed E-state index contributed by atoms with van der Waals surface area (Å²) in [6, 6.07) is 0. The Balaban J connectivity index is 2.78. The zero-order valence-electron chi connectivity index (χ0n) is 7.89. The summed E-state index contributed by atoms with van der Waals surface area (Å²) in [6.07, 6.45) is 1.80. The SMILES string of the molecule is CC1=C(C(=O)N(C)C)CCCO1. The molecule has 0 radical (unpaired) electrons. The van der Waals surface area contributed by atoms with Gasteiger partial charge in [0.2, 0.25) is 0 Å². The third-order valence-electron chi connectivity index (χ3n) is 1.98. The first-order valence-electron chi connectivity index (χ1n) is 4.17. The molecule has 0 aromatic carbocycles. The summed E-state index contributed by atoms with van der Waals surface area (Å²) in [6.45, 7) is 2.60. The maximum absolute atomic E-state index is 11.5. The molecule has 1 amide bonds. The monoisotopic (exact) mass is 169 g/mol. The van der Waals surface area contributed by atoms with Gasteiger partial charge in [0.15, 0.2) is 0 Å². The average molecular weight is 169 g/mol. The van der Waals surface area contributed by atoms with E-state index in [1.807, 2.05) is 6.92 Å². The van der Waals surface area contributed by atoms with Crippen molar-refractivity contribution in [3.63, 3.8) is 0 Å². The zero-order valence-corrected chi connectivity index (χ0v) is 7.89. The maximum atomic E-state index is 11.5. The Morgan fingerprint density at radius 2 is 2.17 bits per heavy atom. The van der Waals surface area contributed by atoms with E-state index in [1.54, 1.807) is 19.0 Å². The maximum Gasteiger partial charge on any atom is 0.252 e. The summed E-state index contributed by atoms with van der Waals surface area (Å²) >= 11 is 0. The minimum atomic E-state index is 0.0761. The van der Waals surface area contributed by atoms with Crippen LogP contribution < -0.4 is 0 Å². The molecular weight excluding hydrogens is 154 g/mol. The first-order chi connectivity index (χ1) is 5.63. The van der Waals surface area contributed by atoms with Gasteiger partial charge >= 0.3 is 0 Å². The van der Waals surface area contributed by atoms with E-state index in [-0.39, 0.29) is 5.91 Å². The fourth-order valence-electron chi connectivity index (χ4n) is 1.26. The van der Waals surface area contributed by atoms with Crippen LogP contribution in [0.1, 0.15) is 19.8 Å². The molecule has 68 valence electrons. The lowest BCUT2D eigenvalue weighted by atomic mass is 10.1. The van der Waals surface area contributed by atoms with Crippen molar-refractivity contribution >= 4 is 5.91 Å². The Morgan fingerprint density at radius 1 is 1.50 bits per heavy atom. The Bertz CT molecular complexity index is 219. The molecule has 0 atom stereocenters. The molecule has 0 unspecified atom stereocenters. The normalized spacial score (nSPS) is 17.2. The van der Waals surface area contributed by atoms with Gasteiger partial charge in [-0.05, 0) is 19.8 Å². The Morgan fingerprint density at radius 3 is 2.67 bits per heavy atom. The van der Waals surface area contributed by atoms with Crippen molar-refractivity contribution in [1.82, 2.24) is 4.90 Å². The highest BCUT2D eigenvalue weighted by atomic mass is 16.5. The van der Waals surface area contributed by atoms with Gasteiger partial charge in [0.25, 0.3) is 5.91 Å². The number of hydrogen-bond acceptors (Lipinski definition) is 2. The first kappa shape index (κ1) is 9.10. The molecule has 0 saturated carbocycles. The van der Waals surface area contributed by atoms with Gasteiger partial charge in [0, 0.05) is 14.1 Å². The summed E-state index contributed by atoms with van der Waals surface area (Å²) in [4.78, 5) is 13.1. The molecule has 0 fully saturated rings. The molecule has 0 N–H and O–H groups in total. The molecule has 12 heavy (non-hydrogen) atoms. The second kappa shape index (κ2) is 3.61. The smallest absolute Gasteiger partial charge is 0.252 e. The lowest BCUT2D eigenvalue weighted by Crippen LogP contribution is -2.26. The zero-order chi connectivity index (χ0) is 9.14. The summed E-state index contributed by atoms with van der Waals surface area (Å²) in [5, 5.41) is 0. The van der Waals surface area contributed by atoms with Crippen LogP contribution in [-0.2, 0) is 9.53 Å². The van der Waals surface area contributed by atoms with Gasteiger partial charge in [-0.1, -0.05) is 0 Å². The van der Waals surface area contributed by atoms with E-state index in [1.165, 1.54) is 0 Å². The van der Waals surface area contributed by atoms with Crippen LogP contribution in [0.2, 0.25) is 0 Å². The number of likely N-dealkylation sites (N-methyl/N-ethyl adjacent to an activating group) is 1. The van der Waals surface area contributed by atoms with E-state index in [0.29, 0.717) is 0 Å². The number of allylic oxidation sites excluding steroid dienone is 1. The molecular formula is C9H15NO2. The van der Waals surface area contributed by atoms with Crippen LogP contribution in [0.25, 0.3) is 0 Å². The number of hydrogen-bond donors (Lipinski definition) is 0. The highest BCUT2D eigenvalue weighted by molar-refractivity contribution is 5.93. The first-order valence-corrected chi connectivity index (χ1v) is 4.17. The second-order valence-electron chi connectivity index (χ2n) is 3.19. The minimum Gasteiger partial charge on any atom is -0.498 e. The number of carbonyl (C=O) groups excluding carboxylic acids is 1. The standard InChI is InChI=1S/C9H15NO2/c1-7-8(5-4-6-12-7)9(11)10(2)3/h4-6H2,1-3H3. The molecule has 1 aliphatic rings. The fraction of sp³-hybridized carbons (Fsp3) is 0.667. The quantitative estimate of drug-likeness (QED) is 0.589. The number of carbonyl (C=O) groups is 1. The van der Waals surface area contributed by atoms with Gasteiger partial charge in [0.1, 0.15) is 5.76 Å². The van der Waals surface area contributed by atoms with Gasteiger partial charge in [-0.3, -0.25) is 4.79 Å². The van der Waals surface area contributed by atoms with Crippen molar-refractivity contribution < 1.29 is 9.53 Å². The molecule has 1 rings (SSSR count). The molecule has 0 aliphatic carbocycles. The molecule has 1 aliphatic heterocycles. The van der Waals surface area contributed by atoms with Crippen LogP contribution in [-0.4, -0.2) is 31.5 Å². The Kier molecular flexibility index (Phi) is 2.74. The van der Waals surface area contributed by atoms with E-state index in [2.05, 4.69) is 0 Å². The van der Waals surface area contributed by atoms with E-state index >= 15 is 0 Å². The van der Waals surface area contributed by atoms with Gasteiger partial charge in [-0.25, -0.2) is 0 Å². The molecule has 3 heteroatoms. The molecule has 0 bridgehead atoms. The average Bonchev–Trinajstić information content (AvgIpc) is 2.04. The summed E-state index contributed by atoms with van der Waals surface area (Å²) in [5.74, 6) is 0.868. The van der Waals surface area contributed by atoms with Crippen LogP contribution in [0.4, 0.5) is 0 Å². The Labute approximate surface area is 73.0 Å². The molecule has 3 nitrogen and oxygen atoms in total. The Hall–Kier alpha value is -0.990. The highest BCUT2D eigenvalue weighted by Crippen LogP contribution is 2.19. The highest BCUT2D eigenvalue weighted by Gasteiger charge is 2.18. The second-order valence-corrected chi connectivity index (χ2v) is 3.19. The van der Waals surface area contributed by atoms with E-state index < -0.39 is 0 Å². The summed E-state index contributed by atoms with van der Waals surface area (Å²) < 4.78 is 5.29. The van der Waals surface area contributed by atoms with Crippen LogP contribution in [0.5, 0.6) is 0 Å². The van der Waals surface area contributed by atoms with E-state index in [9.17, 15) is 4.79 Å². The van der Waals surface area contributed by atoms with Crippen molar-refractivity contribution in [3.05, 3.63) is 11.3 Å². The van der Waals surface area contributed by atoms with Crippen LogP contribution in [0, 0.1) is 0 Å². The minimum absolute atomic E-state index is 0.0761. The van der Waals surface area contributed by atoms with Crippen LogP contribution in [0.3, 0.4) is 0 Å². The van der Waals surface area contributed by atoms with Crippen molar-refractivity contribution in [2.75, 3.05) is 20.7 Å². The van der Waals surface area contributed by atoms with Crippen LogP contribution in [0.15, 0.2) is 11.3 Å². The summed E-state index contributed by atoms with van der Waals surface area (Å²) in [5.41, 5.74) is 0.825. The van der Waals surface area contributed by atoms with Gasteiger partial charge in [0.05, 0.1) is 12.2 Å². The van der Waals surface area contributed by atoms with Crippen molar-refractivity contribution in [2.24, 2.45) is 0 Å². The fourth-order valence-corrected chi connectivity index (χ4v) is 1.26. The molecule has 0 spiro atoms.